The van der Waals surface area contributed by atoms with E-state index in [4.69, 9.17) is 0 Å². The van der Waals surface area contributed by atoms with E-state index in [2.05, 4.69) is 131 Å². The normalized spacial score (nSPS) is 11.2. The molecule has 0 nitrogen and oxygen atoms in total. The molecule has 0 N–H and O–H groups in total. The number of halogens is 2. The van der Waals surface area contributed by atoms with Crippen molar-refractivity contribution in [3.63, 3.8) is 0 Å². The Labute approximate surface area is 226 Å². The van der Waals surface area contributed by atoms with Gasteiger partial charge in [0.1, 0.15) is 0 Å². The maximum Gasteiger partial charge on any atom is 0.0705 e. The maximum atomic E-state index is 3.72. The molecule has 4 heteroatoms. The molecular weight excluding hydrogens is 584 g/mol. The molecule has 0 radical (unpaired) electrons. The lowest BCUT2D eigenvalue weighted by molar-refractivity contribution is 1.11. The number of hydrogen-bond donors (Lipinski definition) is 0. The Balaban J connectivity index is 2.02. The smallest absolute Gasteiger partial charge is 0.0705 e. The van der Waals surface area contributed by atoms with Crippen molar-refractivity contribution >= 4 is 54.5 Å². The summed E-state index contributed by atoms with van der Waals surface area (Å²) in [5.74, 6) is 0. The standard InChI is InChI=1S/C30H24Br2S2/c1-3-21-27(19-11-7-5-8-12-19)28(20-13-9-6-10-14-20)22(4-2)30(24-16-18-26(32)34-24)29(21)23-15-17-25(31)33-23/h5-18H,3-4H2,1-2H3. The average molecular weight is 608 g/mol. The molecule has 2 heterocycles. The van der Waals surface area contributed by atoms with E-state index in [-0.39, 0.29) is 0 Å². The van der Waals surface area contributed by atoms with Crippen molar-refractivity contribution in [2.24, 2.45) is 0 Å². The van der Waals surface area contributed by atoms with Crippen LogP contribution in [0.3, 0.4) is 0 Å². The Morgan fingerprint density at radius 2 is 0.882 bits per heavy atom. The zero-order valence-corrected chi connectivity index (χ0v) is 23.9. The van der Waals surface area contributed by atoms with Gasteiger partial charge in [-0.15, -0.1) is 22.7 Å². The van der Waals surface area contributed by atoms with E-state index in [1.807, 2.05) is 22.7 Å². The lowest BCUT2D eigenvalue weighted by Gasteiger charge is -2.26. The lowest BCUT2D eigenvalue weighted by Crippen LogP contribution is -2.04. The van der Waals surface area contributed by atoms with Gasteiger partial charge in [-0.05, 0) is 102 Å². The van der Waals surface area contributed by atoms with Crippen LogP contribution in [0.4, 0.5) is 0 Å². The Kier molecular flexibility index (Phi) is 7.22. The molecule has 0 bridgehead atoms. The van der Waals surface area contributed by atoms with Crippen LogP contribution in [0, 0.1) is 0 Å². The van der Waals surface area contributed by atoms with Crippen LogP contribution < -0.4 is 0 Å². The van der Waals surface area contributed by atoms with Gasteiger partial charge in [0, 0.05) is 20.9 Å². The third kappa shape index (κ3) is 4.37. The molecule has 0 saturated heterocycles. The van der Waals surface area contributed by atoms with Crippen molar-refractivity contribution in [1.29, 1.82) is 0 Å². The minimum atomic E-state index is 0.957. The monoisotopic (exact) mass is 606 g/mol. The van der Waals surface area contributed by atoms with Gasteiger partial charge in [-0.1, -0.05) is 74.5 Å². The quantitative estimate of drug-likeness (QED) is 0.180. The summed E-state index contributed by atoms with van der Waals surface area (Å²) in [5.41, 5.74) is 10.9. The highest BCUT2D eigenvalue weighted by Crippen LogP contribution is 2.52. The summed E-state index contributed by atoms with van der Waals surface area (Å²) >= 11 is 11.1. The predicted molar refractivity (Wildman–Crippen MR) is 158 cm³/mol. The second-order valence-electron chi connectivity index (χ2n) is 8.10. The third-order valence-electron chi connectivity index (χ3n) is 6.18. The molecule has 0 spiro atoms. The predicted octanol–water partition coefficient (Wildman–Crippen LogP) is 11.1. The van der Waals surface area contributed by atoms with Crippen molar-refractivity contribution in [1.82, 2.24) is 0 Å². The number of thiophene rings is 2. The van der Waals surface area contributed by atoms with Gasteiger partial charge in [0.2, 0.25) is 0 Å². The van der Waals surface area contributed by atoms with E-state index < -0.39 is 0 Å². The highest BCUT2D eigenvalue weighted by Gasteiger charge is 2.27. The molecule has 0 fully saturated rings. The molecule has 2 aromatic heterocycles. The largest absolute Gasteiger partial charge is 0.128 e. The minimum Gasteiger partial charge on any atom is -0.128 e. The van der Waals surface area contributed by atoms with Gasteiger partial charge in [0.25, 0.3) is 0 Å². The molecule has 170 valence electrons. The van der Waals surface area contributed by atoms with E-state index >= 15 is 0 Å². The van der Waals surface area contributed by atoms with Crippen LogP contribution in [0.1, 0.15) is 25.0 Å². The van der Waals surface area contributed by atoms with E-state index in [0.29, 0.717) is 0 Å². The number of benzene rings is 3. The molecule has 3 aromatic carbocycles. The van der Waals surface area contributed by atoms with Gasteiger partial charge >= 0.3 is 0 Å². The second-order valence-corrected chi connectivity index (χ2v) is 13.0. The van der Waals surface area contributed by atoms with Gasteiger partial charge in [0.05, 0.1) is 7.57 Å². The van der Waals surface area contributed by atoms with Crippen molar-refractivity contribution < 1.29 is 0 Å². The summed E-state index contributed by atoms with van der Waals surface area (Å²) in [7, 11) is 0. The van der Waals surface area contributed by atoms with Crippen molar-refractivity contribution in [3.8, 4) is 43.1 Å². The van der Waals surface area contributed by atoms with Gasteiger partial charge in [-0.2, -0.15) is 0 Å². The highest BCUT2D eigenvalue weighted by molar-refractivity contribution is 9.11. The van der Waals surface area contributed by atoms with Crippen LogP contribution in [-0.4, -0.2) is 0 Å². The summed E-state index contributed by atoms with van der Waals surface area (Å²) in [6.07, 6.45) is 1.91. The highest BCUT2D eigenvalue weighted by atomic mass is 79.9. The Morgan fingerprint density at radius 3 is 1.18 bits per heavy atom. The molecule has 5 aromatic rings. The maximum absolute atomic E-state index is 3.72. The van der Waals surface area contributed by atoms with Crippen LogP contribution >= 0.6 is 54.5 Å². The van der Waals surface area contributed by atoms with Crippen LogP contribution in [0.25, 0.3) is 43.1 Å². The number of hydrogen-bond acceptors (Lipinski definition) is 2. The van der Waals surface area contributed by atoms with Crippen LogP contribution in [0.2, 0.25) is 0 Å². The SMILES string of the molecule is CCc1c(-c2ccccc2)c(-c2ccccc2)c(CC)c(-c2ccc(Br)s2)c1-c1ccc(Br)s1. The second kappa shape index (κ2) is 10.3. The molecule has 0 aliphatic carbocycles. The third-order valence-corrected chi connectivity index (χ3v) is 9.46. The first kappa shape index (κ1) is 23.7. The molecule has 0 amide bonds. The first-order valence-corrected chi connectivity index (χ1v) is 14.7. The summed E-state index contributed by atoms with van der Waals surface area (Å²) < 4.78 is 2.32. The summed E-state index contributed by atoms with van der Waals surface area (Å²) in [6.45, 7) is 4.59. The molecule has 0 atom stereocenters. The first-order valence-electron chi connectivity index (χ1n) is 11.5. The topological polar surface area (TPSA) is 0 Å². The Morgan fingerprint density at radius 1 is 0.500 bits per heavy atom. The molecular formula is C30H24Br2S2. The van der Waals surface area contributed by atoms with E-state index in [1.165, 1.54) is 54.3 Å². The van der Waals surface area contributed by atoms with Crippen LogP contribution in [0.5, 0.6) is 0 Å². The fraction of sp³-hybridized carbons (Fsp3) is 0.133. The summed E-state index contributed by atoms with van der Waals surface area (Å²) in [5, 5.41) is 0. The van der Waals surface area contributed by atoms with E-state index in [9.17, 15) is 0 Å². The Hall–Kier alpha value is -1.98. The number of rotatable bonds is 6. The summed E-state index contributed by atoms with van der Waals surface area (Å²) in [4.78, 5) is 2.63. The zero-order valence-electron chi connectivity index (χ0n) is 19.1. The molecule has 5 rings (SSSR count). The fourth-order valence-corrected chi connectivity index (χ4v) is 7.78. The van der Waals surface area contributed by atoms with Gasteiger partial charge < -0.3 is 0 Å². The van der Waals surface area contributed by atoms with Gasteiger partial charge in [0.15, 0.2) is 0 Å². The van der Waals surface area contributed by atoms with Crippen LogP contribution in [0.15, 0.2) is 92.5 Å². The molecule has 34 heavy (non-hydrogen) atoms. The van der Waals surface area contributed by atoms with Crippen molar-refractivity contribution in [2.45, 2.75) is 26.7 Å². The van der Waals surface area contributed by atoms with E-state index in [0.717, 1.165) is 20.4 Å². The lowest BCUT2D eigenvalue weighted by atomic mass is 9.78. The van der Waals surface area contributed by atoms with Crippen molar-refractivity contribution in [3.05, 3.63) is 104 Å². The fourth-order valence-electron chi connectivity index (χ4n) is 4.85. The van der Waals surface area contributed by atoms with Gasteiger partial charge in [-0.25, -0.2) is 0 Å². The van der Waals surface area contributed by atoms with Crippen LogP contribution in [-0.2, 0) is 12.8 Å². The first-order chi connectivity index (χ1) is 16.6. The minimum absolute atomic E-state index is 0.957. The molecule has 0 saturated carbocycles. The molecule has 0 aliphatic heterocycles. The molecule has 0 aliphatic rings. The Bertz CT molecular complexity index is 1320. The zero-order chi connectivity index (χ0) is 23.7. The van der Waals surface area contributed by atoms with Crippen molar-refractivity contribution in [2.75, 3.05) is 0 Å². The summed E-state index contributed by atoms with van der Waals surface area (Å²) in [6, 6.07) is 30.7. The molecule has 0 unspecified atom stereocenters. The van der Waals surface area contributed by atoms with Gasteiger partial charge in [-0.3, -0.25) is 0 Å². The van der Waals surface area contributed by atoms with E-state index in [1.54, 1.807) is 0 Å². The average Bonchev–Trinajstić information content (AvgIpc) is 3.51.